The fourth-order valence-electron chi connectivity index (χ4n) is 12.8. The second-order valence-corrected chi connectivity index (χ2v) is 38.6. The summed E-state index contributed by atoms with van der Waals surface area (Å²) in [5, 5.41) is 11.3. The largest absolute Gasteiger partial charge is 0.748 e. The zero-order valence-corrected chi connectivity index (χ0v) is 68.6. The Balaban J connectivity index is 0.00000136. The Morgan fingerprint density at radius 3 is 1.72 bits per heavy atom. The number of likely N-dealkylation sites (N-methyl/N-ethyl adjacent to an activating group) is 1. The molecule has 1 aliphatic carbocycles. The quantitative estimate of drug-likeness (QED) is 0.0152. The fourth-order valence-corrected chi connectivity index (χ4v) is 22.9. The molecule has 4 saturated heterocycles. The standard InChI is InChI=1S/C19H27OS.C18H23OS.C18H15S.C15H9N2O4S2.C12H26N3.C5H11NO3S.7H2/c1-15(21-13-5-6-14-21)19(20)18-11-9-17(10-12-18)16-7-3-2-4-8-16;1-2-3-12-19-17-10-11-18(20-13-6-7-14-20)16-9-5-4-8-15(16)17;1-4-10-16(11-5-1)19(17-12-6-2-7-13-17)18-14-8-3-9-15-18;1-2-3-4-5-6-7-8-13-22(18,19)17-23(20,21)15-11-9-14(16)10-12-15;1-3-13-7-5-4-6-8-15-11-9-14(2)10-12-15;7-10(8,9)5-1-3-6-4-2-5;;;;;;;/h9-12,15-16H,2-8,13-14H2,1H3;4-5,8-11H,2-3,6-7,12-14H2,1H3;1-15H;9-12H,16H2,1H3;3-12H2,1-2H3;5-6H,1-4H2,(H,7,8,9);7*1H/q3*+1;2*-1;;;;;;;;/p-1. The number of hydrogen-bond donors (Lipinski definition) is 2. The lowest BCUT2D eigenvalue weighted by atomic mass is 9.84. The van der Waals surface area contributed by atoms with Gasteiger partial charge in [0.1, 0.15) is 38.8 Å². The number of piperidine rings is 1. The summed E-state index contributed by atoms with van der Waals surface area (Å²) < 4.78 is 86.8. The number of nitrogens with zero attached hydrogens (tertiary/aromatic N) is 4. The summed E-state index contributed by atoms with van der Waals surface area (Å²) >= 11 is 0. The van der Waals surface area contributed by atoms with Crippen molar-refractivity contribution >= 4 is 85.1 Å². The number of Topliss-reactive ketones (excluding diaryl/α,β-unsaturated/α-hetero) is 1. The monoisotopic (exact) mass is 1590 g/mol. The summed E-state index contributed by atoms with van der Waals surface area (Å²) in [6, 6.07) is 58.9. The molecule has 0 spiro atoms. The fraction of sp³-hybridized carbons (Fsp3) is 0.437. The van der Waals surface area contributed by atoms with Gasteiger partial charge in [0.05, 0.1) is 32.9 Å². The van der Waals surface area contributed by atoms with Crippen molar-refractivity contribution in [1.82, 2.24) is 15.1 Å². The van der Waals surface area contributed by atoms with E-state index in [0.717, 1.165) is 55.5 Å². The minimum absolute atomic E-state index is 0. The maximum atomic E-state index is 12.6. The predicted molar refractivity (Wildman–Crippen MR) is 467 cm³/mol. The van der Waals surface area contributed by atoms with Gasteiger partial charge in [-0.1, -0.05) is 155 Å². The number of nitrogen functional groups attached to an aromatic ring is 1. The molecule has 1 saturated carbocycles. The highest BCUT2D eigenvalue weighted by Gasteiger charge is 2.36. The lowest BCUT2D eigenvalue weighted by molar-refractivity contribution is 0.0993. The average molecular weight is 1590 g/mol. The van der Waals surface area contributed by atoms with Crippen LogP contribution in [0.4, 0.5) is 5.69 Å². The lowest BCUT2D eigenvalue weighted by Gasteiger charge is -2.32. The van der Waals surface area contributed by atoms with Crippen LogP contribution in [-0.4, -0.2) is 151 Å². The van der Waals surface area contributed by atoms with Gasteiger partial charge < -0.3 is 39.6 Å². The van der Waals surface area contributed by atoms with Gasteiger partial charge in [0.2, 0.25) is 5.78 Å². The molecule has 0 bridgehead atoms. The van der Waals surface area contributed by atoms with E-state index >= 15 is 0 Å². The number of nitrogens with one attached hydrogen (secondary N) is 1. The Morgan fingerprint density at radius 2 is 1.18 bits per heavy atom. The number of unbranched alkanes of at least 4 members (excludes halogenated alkanes) is 3. The van der Waals surface area contributed by atoms with Crippen LogP contribution in [0.5, 0.6) is 5.75 Å². The van der Waals surface area contributed by atoms with Gasteiger partial charge in [-0.15, -0.1) is 6.54 Å². The summed E-state index contributed by atoms with van der Waals surface area (Å²) in [7, 11) is -9.95. The zero-order chi connectivity index (χ0) is 77.3. The first-order chi connectivity index (χ1) is 52.3. The highest BCUT2D eigenvalue weighted by molar-refractivity contribution is 8.14. The number of benzene rings is 7. The summed E-state index contributed by atoms with van der Waals surface area (Å²) in [5.74, 6) is 23.4. The molecule has 12 rings (SSSR count). The number of carbonyl (C=O) groups excluding carboxylic acids is 1. The van der Waals surface area contributed by atoms with Crippen LogP contribution in [0.15, 0.2) is 200 Å². The Labute approximate surface area is 666 Å². The summed E-state index contributed by atoms with van der Waals surface area (Å²) in [6.07, 6.45) is 19.4. The molecule has 592 valence electrons. The van der Waals surface area contributed by atoms with E-state index in [2.05, 4.69) is 240 Å². The molecule has 0 aromatic heterocycles. The summed E-state index contributed by atoms with van der Waals surface area (Å²) in [4.78, 5) is 23.0. The number of fused-ring (bicyclic) bond motifs is 1. The SMILES string of the molecule is CC#CC#CC#CC#CS(=O)(=O)[N-]S(=O)(=O)c1ccc(N)cc1.CC(C(=O)c1ccc(C2CCCCC2)cc1)[S+]1CCCC1.CCCCOc1ccc([S+]2CCCC2)c2ccccc12.CC[N-]CCCCCN1CCN(C)CC1.O=S(=O)([O-])C1CCNCC1.[HH].[HH].[HH].[HH].[HH].[HH].[HH].c1ccc([S+](c2ccccc2)c2ccccc2)cc1. The van der Waals surface area contributed by atoms with Gasteiger partial charge in [0, 0.05) is 85.2 Å². The predicted octanol–water partition coefficient (Wildman–Crippen LogP) is 17.7. The molecule has 3 N–H and O–H groups in total. The molecule has 5 fully saturated rings. The molecule has 1 atom stereocenters. The first-order valence-corrected chi connectivity index (χ1v) is 46.8. The van der Waals surface area contributed by atoms with E-state index in [1.54, 1.807) is 17.1 Å². The molecular formula is C87H124N6O9S6. The minimum atomic E-state index is -4.53. The number of nitrogens with two attached hydrogens (primary N) is 1. The second-order valence-electron chi connectivity index (χ2n) is 26.9. The summed E-state index contributed by atoms with van der Waals surface area (Å²) in [5.41, 5.74) is 8.13. The van der Waals surface area contributed by atoms with E-state index in [-0.39, 0.29) is 31.0 Å². The van der Waals surface area contributed by atoms with Crippen LogP contribution in [0.25, 0.3) is 20.2 Å². The molecule has 4 aliphatic heterocycles. The van der Waals surface area contributed by atoms with Gasteiger partial charge in [-0.05, 0) is 236 Å². The van der Waals surface area contributed by atoms with E-state index in [4.69, 9.17) is 10.5 Å². The van der Waals surface area contributed by atoms with E-state index in [0.29, 0.717) is 59.2 Å². The lowest BCUT2D eigenvalue weighted by Crippen LogP contribution is -2.44. The topological polar surface area (TPSA) is 225 Å². The molecule has 7 aromatic carbocycles. The average Bonchev–Trinajstić information content (AvgIpc) is 1.78. The molecule has 0 radical (unpaired) electrons. The number of piperazine rings is 1. The van der Waals surface area contributed by atoms with Crippen LogP contribution in [0, 0.1) is 46.7 Å². The minimum Gasteiger partial charge on any atom is -0.748 e. The highest BCUT2D eigenvalue weighted by Crippen LogP contribution is 2.36. The molecule has 5 aliphatic rings. The first-order valence-electron chi connectivity index (χ1n) is 38.1. The Kier molecular flexibility index (Phi) is 39.7. The Hall–Kier alpha value is -7.03. The van der Waals surface area contributed by atoms with E-state index < -0.39 is 35.4 Å². The van der Waals surface area contributed by atoms with Gasteiger partial charge in [0.15, 0.2) is 34.9 Å². The third-order valence-electron chi connectivity index (χ3n) is 18.9. The molecular weight excluding hydrogens is 1470 g/mol. The van der Waals surface area contributed by atoms with E-state index in [1.165, 1.54) is 182 Å². The van der Waals surface area contributed by atoms with Gasteiger partial charge in [-0.3, -0.25) is 4.79 Å². The number of ketones is 1. The van der Waals surface area contributed by atoms with Crippen molar-refractivity contribution in [1.29, 1.82) is 0 Å². The van der Waals surface area contributed by atoms with Crippen LogP contribution >= 0.6 is 0 Å². The number of hydrogen-bond acceptors (Lipinski definition) is 13. The third kappa shape index (κ3) is 31.4. The van der Waals surface area contributed by atoms with Crippen LogP contribution in [0.3, 0.4) is 0 Å². The number of carbonyl (C=O) groups is 1. The van der Waals surface area contributed by atoms with Crippen molar-refractivity contribution in [3.63, 3.8) is 0 Å². The van der Waals surface area contributed by atoms with E-state index in [9.17, 15) is 34.6 Å². The van der Waals surface area contributed by atoms with Crippen LogP contribution in [0.2, 0.25) is 0 Å². The molecule has 108 heavy (non-hydrogen) atoms. The van der Waals surface area contributed by atoms with Crippen LogP contribution in [-0.2, 0) is 62.8 Å². The first kappa shape index (κ1) is 88.2. The summed E-state index contributed by atoms with van der Waals surface area (Å²) in [6.45, 7) is 18.5. The molecule has 15 nitrogen and oxygen atoms in total. The Bertz CT molecular complexity index is 4370. The van der Waals surface area contributed by atoms with Gasteiger partial charge >= 0.3 is 0 Å². The number of sulfonamides is 2. The van der Waals surface area contributed by atoms with Crippen molar-refractivity contribution in [2.24, 2.45) is 0 Å². The highest BCUT2D eigenvalue weighted by atomic mass is 32.3. The number of anilines is 1. The number of rotatable bonds is 23. The third-order valence-corrected chi connectivity index (χ3v) is 30.6. The molecule has 1 unspecified atom stereocenters. The zero-order valence-electron chi connectivity index (χ0n) is 63.7. The smallest absolute Gasteiger partial charge is 0.214 e. The molecule has 4 heterocycles. The van der Waals surface area contributed by atoms with Crippen LogP contribution < -0.4 is 15.8 Å². The molecule has 21 heteroatoms. The van der Waals surface area contributed by atoms with Gasteiger partial charge in [-0.2, -0.15) is 6.54 Å². The van der Waals surface area contributed by atoms with E-state index in [1.807, 2.05) is 5.92 Å². The van der Waals surface area contributed by atoms with Crippen molar-refractivity contribution in [2.75, 3.05) is 101 Å². The van der Waals surface area contributed by atoms with Crippen molar-refractivity contribution < 1.29 is 49.3 Å². The van der Waals surface area contributed by atoms with Crippen molar-refractivity contribution in [3.8, 4) is 52.4 Å². The molecule has 7 aromatic rings. The normalized spacial score (nSPS) is 16.0. The van der Waals surface area contributed by atoms with Crippen LogP contribution in [0.1, 0.15) is 162 Å². The maximum absolute atomic E-state index is 12.6. The second kappa shape index (κ2) is 48.6. The van der Waals surface area contributed by atoms with Crippen molar-refractivity contribution in [2.45, 2.75) is 171 Å². The molecule has 0 amide bonds. The van der Waals surface area contributed by atoms with Gasteiger partial charge in [-0.25, -0.2) is 25.3 Å². The van der Waals surface area contributed by atoms with Gasteiger partial charge in [0.25, 0.3) is 0 Å². The van der Waals surface area contributed by atoms with Crippen molar-refractivity contribution in [3.05, 3.63) is 196 Å². The maximum Gasteiger partial charge on any atom is 0.214 e. The Morgan fingerprint density at radius 1 is 0.630 bits per heavy atom. The number of ether oxygens (including phenoxy) is 1.